The minimum atomic E-state index is -0.128. The molecular formula is C25H37N5O2. The van der Waals surface area contributed by atoms with Gasteiger partial charge in [-0.3, -0.25) is 4.79 Å². The second kappa shape index (κ2) is 10.1. The molecule has 2 fully saturated rings. The number of aromatic nitrogens is 1. The number of ether oxygens (including phenoxy) is 1. The van der Waals surface area contributed by atoms with Crippen LogP contribution in [-0.4, -0.2) is 62.5 Å². The summed E-state index contributed by atoms with van der Waals surface area (Å²) in [6, 6.07) is 9.11. The van der Waals surface area contributed by atoms with E-state index in [9.17, 15) is 4.79 Å². The zero-order chi connectivity index (χ0) is 22.7. The van der Waals surface area contributed by atoms with E-state index < -0.39 is 0 Å². The molecule has 1 aromatic heterocycles. The molecule has 2 heterocycles. The first kappa shape index (κ1) is 23.0. The van der Waals surface area contributed by atoms with Crippen molar-refractivity contribution in [3.63, 3.8) is 0 Å². The zero-order valence-corrected chi connectivity index (χ0v) is 19.8. The third-order valence-electron chi connectivity index (χ3n) is 6.94. The molecule has 1 saturated carbocycles. The quantitative estimate of drug-likeness (QED) is 0.576. The molecule has 0 bridgehead atoms. The van der Waals surface area contributed by atoms with Gasteiger partial charge < -0.3 is 25.6 Å². The molecule has 3 unspecified atom stereocenters. The van der Waals surface area contributed by atoms with E-state index in [1.807, 2.05) is 26.1 Å². The number of hydrogen-bond donors (Lipinski definition) is 3. The van der Waals surface area contributed by atoms with Crippen molar-refractivity contribution in [1.29, 1.82) is 0 Å². The van der Waals surface area contributed by atoms with Gasteiger partial charge in [-0.25, -0.2) is 4.98 Å². The monoisotopic (exact) mass is 439 g/mol. The highest BCUT2D eigenvalue weighted by molar-refractivity contribution is 6.02. The fourth-order valence-corrected chi connectivity index (χ4v) is 4.97. The van der Waals surface area contributed by atoms with E-state index in [4.69, 9.17) is 9.72 Å². The smallest absolute Gasteiger partial charge is 0.256 e. The van der Waals surface area contributed by atoms with E-state index in [-0.39, 0.29) is 18.2 Å². The second-order valence-corrected chi connectivity index (χ2v) is 9.30. The number of methoxy groups -OCH3 is 1. The van der Waals surface area contributed by atoms with Gasteiger partial charge in [-0.2, -0.15) is 0 Å². The van der Waals surface area contributed by atoms with Gasteiger partial charge in [0.15, 0.2) is 0 Å². The van der Waals surface area contributed by atoms with E-state index in [0.717, 1.165) is 35.2 Å². The van der Waals surface area contributed by atoms with Crippen LogP contribution in [0.3, 0.4) is 0 Å². The standard InChI is InChI=1S/C25H37N5O2/c1-16-9-10-21-18(13-16)14-20(25(31)27-17(2)26-3)24(29-21)30-12-11-22(23(15-30)32-4)28-19-7-5-6-8-19/h9-10,13-14,17,19,22-23,26,28H,5-8,11-12,15H2,1-4H3,(H,27,31). The first-order valence-electron chi connectivity index (χ1n) is 11.9. The molecule has 2 aromatic rings. The molecule has 7 heteroatoms. The Bertz CT molecular complexity index is 943. The molecule has 2 aliphatic rings. The lowest BCUT2D eigenvalue weighted by Crippen LogP contribution is -2.56. The van der Waals surface area contributed by atoms with Crippen LogP contribution in [0.15, 0.2) is 24.3 Å². The van der Waals surface area contributed by atoms with Crippen molar-refractivity contribution in [1.82, 2.24) is 20.9 Å². The van der Waals surface area contributed by atoms with Crippen LogP contribution in [0, 0.1) is 6.92 Å². The normalized spacial score (nSPS) is 22.9. The number of hydrogen-bond acceptors (Lipinski definition) is 6. The molecule has 32 heavy (non-hydrogen) atoms. The van der Waals surface area contributed by atoms with Crippen molar-refractivity contribution < 1.29 is 9.53 Å². The first-order valence-corrected chi connectivity index (χ1v) is 11.9. The Labute approximate surface area is 191 Å². The molecule has 7 nitrogen and oxygen atoms in total. The van der Waals surface area contributed by atoms with Crippen molar-refractivity contribution in [2.24, 2.45) is 0 Å². The summed E-state index contributed by atoms with van der Waals surface area (Å²) in [6.07, 6.45) is 6.06. The molecule has 3 atom stereocenters. The summed E-state index contributed by atoms with van der Waals surface area (Å²) in [7, 11) is 3.62. The van der Waals surface area contributed by atoms with Crippen molar-refractivity contribution in [3.05, 3.63) is 35.4 Å². The van der Waals surface area contributed by atoms with Crippen molar-refractivity contribution in [2.75, 3.05) is 32.1 Å². The van der Waals surface area contributed by atoms with Gasteiger partial charge in [0.25, 0.3) is 5.91 Å². The fraction of sp³-hybridized carbons (Fsp3) is 0.600. The van der Waals surface area contributed by atoms with E-state index in [1.54, 1.807) is 7.11 Å². The highest BCUT2D eigenvalue weighted by Gasteiger charge is 2.33. The summed E-state index contributed by atoms with van der Waals surface area (Å²) in [4.78, 5) is 20.4. The maximum absolute atomic E-state index is 13.2. The second-order valence-electron chi connectivity index (χ2n) is 9.30. The number of fused-ring (bicyclic) bond motifs is 1. The Morgan fingerprint density at radius 1 is 1.22 bits per heavy atom. The molecule has 3 N–H and O–H groups in total. The molecule has 1 aliphatic carbocycles. The van der Waals surface area contributed by atoms with Gasteiger partial charge in [0.2, 0.25) is 0 Å². The summed E-state index contributed by atoms with van der Waals surface area (Å²) < 4.78 is 5.91. The molecule has 4 rings (SSSR count). The molecule has 1 aliphatic heterocycles. The summed E-state index contributed by atoms with van der Waals surface area (Å²) in [5.41, 5.74) is 2.67. The Balaban J connectivity index is 1.62. The number of nitrogens with zero attached hydrogens (tertiary/aromatic N) is 2. The van der Waals surface area contributed by atoms with E-state index in [1.165, 1.54) is 25.7 Å². The van der Waals surface area contributed by atoms with Crippen molar-refractivity contribution >= 4 is 22.6 Å². The van der Waals surface area contributed by atoms with Gasteiger partial charge in [0.1, 0.15) is 5.82 Å². The number of aryl methyl sites for hydroxylation is 1. The molecule has 1 amide bonds. The van der Waals surface area contributed by atoms with Crippen LogP contribution in [0.1, 0.15) is 54.9 Å². The van der Waals surface area contributed by atoms with Crippen LogP contribution in [0.25, 0.3) is 10.9 Å². The number of nitrogens with one attached hydrogen (secondary N) is 3. The van der Waals surface area contributed by atoms with Crippen LogP contribution >= 0.6 is 0 Å². The van der Waals surface area contributed by atoms with Gasteiger partial charge in [0, 0.05) is 37.7 Å². The minimum Gasteiger partial charge on any atom is -0.378 e. The van der Waals surface area contributed by atoms with Gasteiger partial charge in [0.05, 0.1) is 23.3 Å². The Hall–Kier alpha value is -2.22. The Kier molecular flexibility index (Phi) is 7.28. The first-order chi connectivity index (χ1) is 15.5. The molecule has 174 valence electrons. The van der Waals surface area contributed by atoms with Crippen LogP contribution in [0.4, 0.5) is 5.82 Å². The highest BCUT2D eigenvalue weighted by Crippen LogP contribution is 2.29. The fourth-order valence-electron chi connectivity index (χ4n) is 4.97. The maximum Gasteiger partial charge on any atom is 0.256 e. The predicted molar refractivity (Wildman–Crippen MR) is 129 cm³/mol. The molecule has 0 spiro atoms. The predicted octanol–water partition coefficient (Wildman–Crippen LogP) is 2.96. The third kappa shape index (κ3) is 5.05. The lowest BCUT2D eigenvalue weighted by molar-refractivity contribution is 0.0557. The van der Waals surface area contributed by atoms with Gasteiger partial charge in [-0.15, -0.1) is 0 Å². The number of carbonyl (C=O) groups excluding carboxylic acids is 1. The summed E-state index contributed by atoms with van der Waals surface area (Å²) in [6.45, 7) is 5.54. The number of pyridine rings is 1. The van der Waals surface area contributed by atoms with Crippen LogP contribution in [0.5, 0.6) is 0 Å². The number of carbonyl (C=O) groups is 1. The molecule has 1 aromatic carbocycles. The largest absolute Gasteiger partial charge is 0.378 e. The average molecular weight is 440 g/mol. The number of amides is 1. The lowest BCUT2D eigenvalue weighted by atomic mass is 9.99. The van der Waals surface area contributed by atoms with Crippen LogP contribution in [0.2, 0.25) is 0 Å². The lowest BCUT2D eigenvalue weighted by Gasteiger charge is -2.40. The van der Waals surface area contributed by atoms with E-state index >= 15 is 0 Å². The summed E-state index contributed by atoms with van der Waals surface area (Å²) in [5, 5.41) is 10.9. The number of anilines is 1. The Morgan fingerprint density at radius 3 is 2.72 bits per heavy atom. The zero-order valence-electron chi connectivity index (χ0n) is 19.8. The summed E-state index contributed by atoms with van der Waals surface area (Å²) >= 11 is 0. The van der Waals surface area contributed by atoms with Crippen LogP contribution < -0.4 is 20.9 Å². The van der Waals surface area contributed by atoms with E-state index in [0.29, 0.717) is 24.2 Å². The van der Waals surface area contributed by atoms with E-state index in [2.05, 4.69) is 39.9 Å². The van der Waals surface area contributed by atoms with Crippen molar-refractivity contribution in [2.45, 2.75) is 70.3 Å². The maximum atomic E-state index is 13.2. The topological polar surface area (TPSA) is 78.5 Å². The molecule has 0 radical (unpaired) electrons. The van der Waals surface area contributed by atoms with Gasteiger partial charge >= 0.3 is 0 Å². The van der Waals surface area contributed by atoms with Crippen molar-refractivity contribution in [3.8, 4) is 0 Å². The molecular weight excluding hydrogens is 402 g/mol. The number of rotatable bonds is 7. The van der Waals surface area contributed by atoms with Crippen LogP contribution in [-0.2, 0) is 4.74 Å². The average Bonchev–Trinajstić information content (AvgIpc) is 3.31. The number of benzene rings is 1. The molecule has 1 saturated heterocycles. The number of piperidine rings is 1. The van der Waals surface area contributed by atoms with Gasteiger partial charge in [-0.1, -0.05) is 24.5 Å². The SMILES string of the molecule is CNC(C)NC(=O)c1cc2cc(C)ccc2nc1N1CCC(NC2CCCC2)C(OC)C1. The highest BCUT2D eigenvalue weighted by atomic mass is 16.5. The Morgan fingerprint density at radius 2 is 2.00 bits per heavy atom. The third-order valence-corrected chi connectivity index (χ3v) is 6.94. The van der Waals surface area contributed by atoms with Gasteiger partial charge in [-0.05, 0) is 58.4 Å². The minimum absolute atomic E-state index is 0.0620. The summed E-state index contributed by atoms with van der Waals surface area (Å²) in [5.74, 6) is 0.626.